The average molecular weight is 506 g/mol. The van der Waals surface area contributed by atoms with Gasteiger partial charge in [0.15, 0.2) is 0 Å². The molecule has 3 aromatic rings. The molecule has 1 amide bonds. The molecule has 6 heterocycles. The molecule has 0 radical (unpaired) electrons. The maximum absolute atomic E-state index is 13.4. The molecule has 0 spiro atoms. The second-order valence-electron chi connectivity index (χ2n) is 9.43. The Balaban J connectivity index is 1.51. The Hall–Kier alpha value is -3.45. The summed E-state index contributed by atoms with van der Waals surface area (Å²) in [5, 5.41) is 10.1. The quantitative estimate of drug-likeness (QED) is 0.524. The second-order valence-corrected chi connectivity index (χ2v) is 9.83. The van der Waals surface area contributed by atoms with E-state index in [1.165, 1.54) is 0 Å². The van der Waals surface area contributed by atoms with Gasteiger partial charge >= 0.3 is 12.0 Å². The molecule has 0 fully saturated rings. The van der Waals surface area contributed by atoms with E-state index in [4.69, 9.17) is 16.3 Å². The lowest BCUT2D eigenvalue weighted by Crippen LogP contribution is -2.36. The summed E-state index contributed by atoms with van der Waals surface area (Å²) < 4.78 is 5.70. The fourth-order valence-corrected chi connectivity index (χ4v) is 5.26. The number of carbonyl (C=O) groups is 2. The van der Waals surface area contributed by atoms with Crippen LogP contribution in [-0.4, -0.2) is 45.0 Å². The third-order valence-electron chi connectivity index (χ3n) is 6.97. The Morgan fingerprint density at radius 3 is 2.64 bits per heavy atom. The summed E-state index contributed by atoms with van der Waals surface area (Å²) in [6.45, 7) is 1.56. The van der Waals surface area contributed by atoms with Gasteiger partial charge in [0.2, 0.25) is 0 Å². The number of aromatic nitrogens is 2. The number of ether oxygens (including phenoxy) is 1. The van der Waals surface area contributed by atoms with Crippen LogP contribution in [0.15, 0.2) is 48.8 Å². The summed E-state index contributed by atoms with van der Waals surface area (Å²) in [5.41, 5.74) is 5.38. The normalized spacial score (nSPS) is 18.1. The number of hydrogen-bond donors (Lipinski definition) is 1. The van der Waals surface area contributed by atoms with Crippen LogP contribution >= 0.6 is 11.6 Å². The van der Waals surface area contributed by atoms with Crippen molar-refractivity contribution in [3.63, 3.8) is 0 Å². The van der Waals surface area contributed by atoms with Crippen LogP contribution in [0.25, 0.3) is 0 Å². The molecule has 1 N–H and O–H groups in total. The standard InChI is InChI=1S/C28H28ClN3O4/c29-25-12-18-4-2-1-3-11-36-28-30-15-22(16-31-28)24(14-26(33)34)20-7-6-19-9-10-32(17-21(19)13-20)27(35)23(25)8-5-18/h5-8,12-13,15-16,24H,1-4,9-11,14,17H2,(H,33,34). The topological polar surface area (TPSA) is 92.6 Å². The third kappa shape index (κ3) is 5.36. The molecular weight excluding hydrogens is 478 g/mol. The Morgan fingerprint density at radius 1 is 1.03 bits per heavy atom. The Kier molecular flexibility index (Phi) is 7.18. The number of carboxylic acid groups (broad SMARTS) is 1. The van der Waals surface area contributed by atoms with Gasteiger partial charge in [-0.2, -0.15) is 0 Å². The van der Waals surface area contributed by atoms with E-state index in [1.807, 2.05) is 41.3 Å². The number of rotatable bonds is 2. The first kappa shape index (κ1) is 24.3. The molecule has 0 saturated heterocycles. The number of amides is 1. The van der Waals surface area contributed by atoms with Gasteiger partial charge in [-0.1, -0.05) is 35.9 Å². The minimum absolute atomic E-state index is 0.0864. The summed E-state index contributed by atoms with van der Waals surface area (Å²) in [4.78, 5) is 35.6. The van der Waals surface area contributed by atoms with Crippen molar-refractivity contribution >= 4 is 23.5 Å². The molecule has 7 nitrogen and oxygen atoms in total. The van der Waals surface area contributed by atoms with Gasteiger partial charge in [-0.3, -0.25) is 9.59 Å². The lowest BCUT2D eigenvalue weighted by Gasteiger charge is -2.30. The van der Waals surface area contributed by atoms with Gasteiger partial charge in [-0.25, -0.2) is 9.97 Å². The zero-order chi connectivity index (χ0) is 25.1. The number of carboxylic acids is 1. The molecule has 0 saturated carbocycles. The number of hydrogen-bond acceptors (Lipinski definition) is 5. The Labute approximate surface area is 215 Å². The maximum Gasteiger partial charge on any atom is 0.316 e. The fourth-order valence-electron chi connectivity index (χ4n) is 4.98. The van der Waals surface area contributed by atoms with E-state index >= 15 is 0 Å². The summed E-state index contributed by atoms with van der Waals surface area (Å²) in [5.74, 6) is -1.40. The number of aryl methyl sites for hydroxylation is 1. The Morgan fingerprint density at radius 2 is 1.86 bits per heavy atom. The Bertz CT molecular complexity index is 1280. The fraction of sp³-hybridized carbons (Fsp3) is 0.357. The SMILES string of the molecule is O=C(O)CC1c2cnc(nc2)OCCCCCc2ccc(c(Cl)c2)C(=O)N2CCc3ccc1cc3C2. The molecule has 5 aliphatic rings. The minimum Gasteiger partial charge on any atom is -0.481 e. The van der Waals surface area contributed by atoms with Gasteiger partial charge in [0.25, 0.3) is 5.91 Å². The van der Waals surface area contributed by atoms with Crippen molar-refractivity contribution in [3.05, 3.63) is 87.2 Å². The highest BCUT2D eigenvalue weighted by Gasteiger charge is 2.26. The molecule has 0 aliphatic carbocycles. The molecule has 2 aromatic carbocycles. The number of aliphatic carboxylic acids is 1. The zero-order valence-corrected chi connectivity index (χ0v) is 20.7. The van der Waals surface area contributed by atoms with E-state index in [1.54, 1.807) is 12.4 Å². The smallest absolute Gasteiger partial charge is 0.316 e. The van der Waals surface area contributed by atoms with Crippen LogP contribution in [0.2, 0.25) is 5.02 Å². The third-order valence-corrected chi connectivity index (χ3v) is 7.28. The summed E-state index contributed by atoms with van der Waals surface area (Å²) in [7, 11) is 0. The monoisotopic (exact) mass is 505 g/mol. The van der Waals surface area contributed by atoms with E-state index in [0.717, 1.165) is 54.4 Å². The van der Waals surface area contributed by atoms with E-state index in [2.05, 4.69) is 9.97 Å². The van der Waals surface area contributed by atoms with Crippen LogP contribution in [0.5, 0.6) is 6.01 Å². The second kappa shape index (κ2) is 10.7. The number of nitrogens with zero attached hydrogens (tertiary/aromatic N) is 3. The van der Waals surface area contributed by atoms with Crippen molar-refractivity contribution in [2.45, 2.75) is 51.0 Å². The van der Waals surface area contributed by atoms with Crippen LogP contribution in [0.1, 0.15) is 69.8 Å². The molecule has 1 atom stereocenters. The predicted octanol–water partition coefficient (Wildman–Crippen LogP) is 5.04. The van der Waals surface area contributed by atoms with Crippen LogP contribution in [0, 0.1) is 0 Å². The predicted molar refractivity (Wildman–Crippen MR) is 136 cm³/mol. The largest absolute Gasteiger partial charge is 0.481 e. The maximum atomic E-state index is 13.4. The molecule has 8 rings (SSSR count). The van der Waals surface area contributed by atoms with Crippen LogP contribution in [0.3, 0.4) is 0 Å². The van der Waals surface area contributed by atoms with Crippen molar-refractivity contribution in [2.75, 3.05) is 13.2 Å². The first-order valence-electron chi connectivity index (χ1n) is 12.3. The molecule has 36 heavy (non-hydrogen) atoms. The molecule has 1 aromatic heterocycles. The molecule has 186 valence electrons. The van der Waals surface area contributed by atoms with E-state index < -0.39 is 11.9 Å². The summed E-state index contributed by atoms with van der Waals surface area (Å²) in [6.07, 6.45) is 7.64. The number of halogens is 1. The minimum atomic E-state index is -0.904. The molecule has 1 unspecified atom stereocenters. The van der Waals surface area contributed by atoms with Crippen LogP contribution in [0.4, 0.5) is 0 Å². The van der Waals surface area contributed by atoms with Crippen LogP contribution in [-0.2, 0) is 24.2 Å². The molecule has 5 aliphatic heterocycles. The first-order valence-corrected chi connectivity index (χ1v) is 12.7. The lowest BCUT2D eigenvalue weighted by atomic mass is 9.87. The summed E-state index contributed by atoms with van der Waals surface area (Å²) >= 11 is 6.55. The van der Waals surface area contributed by atoms with Gasteiger partial charge < -0.3 is 14.7 Å². The highest BCUT2D eigenvalue weighted by Crippen LogP contribution is 2.32. The molecular formula is C28H28ClN3O4. The van der Waals surface area contributed by atoms with Crippen molar-refractivity contribution in [2.24, 2.45) is 0 Å². The van der Waals surface area contributed by atoms with E-state index in [9.17, 15) is 14.7 Å². The van der Waals surface area contributed by atoms with Crippen molar-refractivity contribution in [1.82, 2.24) is 14.9 Å². The highest BCUT2D eigenvalue weighted by atomic mass is 35.5. The van der Waals surface area contributed by atoms with Gasteiger partial charge in [0, 0.05) is 31.4 Å². The van der Waals surface area contributed by atoms with E-state index in [-0.39, 0.29) is 12.3 Å². The number of carbonyl (C=O) groups excluding carboxylic acids is 1. The van der Waals surface area contributed by atoms with Gasteiger partial charge in [0.05, 0.1) is 23.6 Å². The van der Waals surface area contributed by atoms with Crippen molar-refractivity contribution < 1.29 is 19.4 Å². The van der Waals surface area contributed by atoms with Crippen LogP contribution < -0.4 is 4.74 Å². The first-order chi connectivity index (χ1) is 17.5. The van der Waals surface area contributed by atoms with Gasteiger partial charge in [-0.05, 0) is 72.1 Å². The lowest BCUT2D eigenvalue weighted by molar-refractivity contribution is -0.137. The summed E-state index contributed by atoms with van der Waals surface area (Å²) in [6, 6.07) is 12.0. The molecule has 7 bridgehead atoms. The average Bonchev–Trinajstić information content (AvgIpc) is 2.88. The van der Waals surface area contributed by atoms with Gasteiger partial charge in [0.1, 0.15) is 0 Å². The highest BCUT2D eigenvalue weighted by molar-refractivity contribution is 6.33. The van der Waals surface area contributed by atoms with E-state index in [0.29, 0.717) is 41.9 Å². The molecule has 8 heteroatoms. The van der Waals surface area contributed by atoms with Crippen molar-refractivity contribution in [1.29, 1.82) is 0 Å². The van der Waals surface area contributed by atoms with Gasteiger partial charge in [-0.15, -0.1) is 0 Å². The number of benzene rings is 2. The van der Waals surface area contributed by atoms with Crippen molar-refractivity contribution in [3.8, 4) is 6.01 Å². The zero-order valence-electron chi connectivity index (χ0n) is 20.0.